The van der Waals surface area contributed by atoms with Crippen molar-refractivity contribution in [1.29, 1.82) is 0 Å². The monoisotopic (exact) mass is 348 g/mol. The number of anilines is 3. The van der Waals surface area contributed by atoms with Crippen molar-refractivity contribution in [3.05, 3.63) is 66.5 Å². The molecule has 4 rings (SSSR count). The van der Waals surface area contributed by atoms with E-state index >= 15 is 0 Å². The number of nitrogens with one attached hydrogen (secondary N) is 1. The Morgan fingerprint density at radius 3 is 2.54 bits per heavy atom. The van der Waals surface area contributed by atoms with Gasteiger partial charge in [-0.25, -0.2) is 9.97 Å². The number of hydrogen-bond donors (Lipinski definition) is 1. The maximum atomic E-state index is 12.5. The number of ether oxygens (including phenoxy) is 2. The van der Waals surface area contributed by atoms with Crippen LogP contribution in [0.2, 0.25) is 0 Å². The minimum Gasteiger partial charge on any atom is -0.454 e. The molecule has 1 aliphatic rings. The molecular weight excluding hydrogens is 332 g/mol. The summed E-state index contributed by atoms with van der Waals surface area (Å²) < 4.78 is 10.6. The lowest BCUT2D eigenvalue weighted by Crippen LogP contribution is -2.26. The van der Waals surface area contributed by atoms with Crippen LogP contribution >= 0.6 is 0 Å². The number of carbonyl (C=O) groups excluding carboxylic acids is 1. The Morgan fingerprint density at radius 2 is 1.77 bits per heavy atom. The van der Waals surface area contributed by atoms with Crippen LogP contribution in [0.25, 0.3) is 0 Å². The normalized spacial score (nSPS) is 11.9. The molecule has 7 nitrogen and oxygen atoms in total. The highest BCUT2D eigenvalue weighted by atomic mass is 16.7. The van der Waals surface area contributed by atoms with Gasteiger partial charge in [0.2, 0.25) is 12.7 Å². The lowest BCUT2D eigenvalue weighted by molar-refractivity contribution is 0.0992. The van der Waals surface area contributed by atoms with Crippen LogP contribution in [0, 0.1) is 0 Å². The van der Waals surface area contributed by atoms with Crippen LogP contribution in [0.3, 0.4) is 0 Å². The number of carbonyl (C=O) groups is 1. The minimum absolute atomic E-state index is 0.175. The van der Waals surface area contributed by atoms with Gasteiger partial charge in [0, 0.05) is 36.9 Å². The van der Waals surface area contributed by atoms with Crippen molar-refractivity contribution in [2.75, 3.05) is 24.1 Å². The van der Waals surface area contributed by atoms with Gasteiger partial charge in [-0.15, -0.1) is 0 Å². The number of benzene rings is 2. The summed E-state index contributed by atoms with van der Waals surface area (Å²) in [6.45, 7) is 0.223. The molecule has 0 saturated carbocycles. The molecule has 1 amide bonds. The third-order valence-electron chi connectivity index (χ3n) is 3.98. The number of para-hydroxylation sites is 1. The highest BCUT2D eigenvalue weighted by Gasteiger charge is 2.15. The molecule has 0 spiro atoms. The molecule has 26 heavy (non-hydrogen) atoms. The predicted molar refractivity (Wildman–Crippen MR) is 97.1 cm³/mol. The van der Waals surface area contributed by atoms with Crippen molar-refractivity contribution in [3.63, 3.8) is 0 Å². The number of amides is 1. The topological polar surface area (TPSA) is 76.6 Å². The molecule has 2 heterocycles. The molecule has 0 radical (unpaired) electrons. The second-order valence-corrected chi connectivity index (χ2v) is 5.69. The lowest BCUT2D eigenvalue weighted by atomic mass is 10.2. The molecule has 0 atom stereocenters. The minimum atomic E-state index is -0.175. The van der Waals surface area contributed by atoms with E-state index in [1.54, 1.807) is 11.9 Å². The summed E-state index contributed by atoms with van der Waals surface area (Å²) in [4.78, 5) is 22.5. The van der Waals surface area contributed by atoms with E-state index < -0.39 is 0 Å². The Morgan fingerprint density at radius 1 is 1.04 bits per heavy atom. The standard InChI is InChI=1S/C19H16N4O3/c1-23(15-5-3-2-4-6-15)18(24)13-10-20-19(21-11-13)22-14-7-8-16-17(9-14)26-12-25-16/h2-11H,12H2,1H3,(H,20,21,22). The number of aromatic nitrogens is 2. The molecule has 1 aromatic heterocycles. The first-order chi connectivity index (χ1) is 12.7. The summed E-state index contributed by atoms with van der Waals surface area (Å²) in [6.07, 6.45) is 3.01. The van der Waals surface area contributed by atoms with Gasteiger partial charge in [-0.1, -0.05) is 18.2 Å². The average molecular weight is 348 g/mol. The molecule has 0 aliphatic carbocycles. The fourth-order valence-corrected chi connectivity index (χ4v) is 2.57. The van der Waals surface area contributed by atoms with Gasteiger partial charge < -0.3 is 19.7 Å². The summed E-state index contributed by atoms with van der Waals surface area (Å²) in [6, 6.07) is 14.9. The SMILES string of the molecule is CN(C(=O)c1cnc(Nc2ccc3c(c2)OCO3)nc1)c1ccccc1. The summed E-state index contributed by atoms with van der Waals surface area (Å²) in [7, 11) is 1.72. The molecule has 0 unspecified atom stereocenters. The predicted octanol–water partition coefficient (Wildman–Crippen LogP) is 3.23. The Bertz CT molecular complexity index is 929. The van der Waals surface area contributed by atoms with E-state index in [-0.39, 0.29) is 12.7 Å². The number of rotatable bonds is 4. The van der Waals surface area contributed by atoms with E-state index in [9.17, 15) is 4.79 Å². The Hall–Kier alpha value is -3.61. The molecule has 1 N–H and O–H groups in total. The first-order valence-electron chi connectivity index (χ1n) is 8.02. The average Bonchev–Trinajstić information content (AvgIpc) is 3.16. The summed E-state index contributed by atoms with van der Waals surface area (Å²) in [5.74, 6) is 1.60. The molecule has 130 valence electrons. The van der Waals surface area contributed by atoms with E-state index in [2.05, 4.69) is 15.3 Å². The maximum Gasteiger partial charge on any atom is 0.261 e. The zero-order valence-electron chi connectivity index (χ0n) is 14.0. The third-order valence-corrected chi connectivity index (χ3v) is 3.98. The molecule has 2 aromatic carbocycles. The highest BCUT2D eigenvalue weighted by molar-refractivity contribution is 6.05. The first-order valence-corrected chi connectivity index (χ1v) is 8.02. The Balaban J connectivity index is 1.47. The van der Waals surface area contributed by atoms with Gasteiger partial charge in [0.1, 0.15) is 0 Å². The van der Waals surface area contributed by atoms with Crippen molar-refractivity contribution < 1.29 is 14.3 Å². The van der Waals surface area contributed by atoms with Crippen LogP contribution in [0.5, 0.6) is 11.5 Å². The van der Waals surface area contributed by atoms with Gasteiger partial charge in [0.15, 0.2) is 11.5 Å². The zero-order valence-corrected chi connectivity index (χ0v) is 14.0. The molecular formula is C19H16N4O3. The van der Waals surface area contributed by atoms with E-state index in [1.807, 2.05) is 48.5 Å². The zero-order chi connectivity index (χ0) is 17.9. The molecule has 3 aromatic rings. The van der Waals surface area contributed by atoms with Crippen LogP contribution in [-0.2, 0) is 0 Å². The van der Waals surface area contributed by atoms with Crippen molar-refractivity contribution in [2.24, 2.45) is 0 Å². The number of hydrogen-bond acceptors (Lipinski definition) is 6. The fourth-order valence-electron chi connectivity index (χ4n) is 2.57. The summed E-state index contributed by atoms with van der Waals surface area (Å²) in [5.41, 5.74) is 1.99. The number of fused-ring (bicyclic) bond motifs is 1. The smallest absolute Gasteiger partial charge is 0.261 e. The van der Waals surface area contributed by atoms with E-state index in [0.717, 1.165) is 11.4 Å². The van der Waals surface area contributed by atoms with Crippen molar-refractivity contribution in [1.82, 2.24) is 9.97 Å². The van der Waals surface area contributed by atoms with Gasteiger partial charge in [0.05, 0.1) is 5.56 Å². The highest BCUT2D eigenvalue weighted by Crippen LogP contribution is 2.34. The second-order valence-electron chi connectivity index (χ2n) is 5.69. The van der Waals surface area contributed by atoms with Crippen LogP contribution < -0.4 is 19.7 Å². The van der Waals surface area contributed by atoms with Crippen LogP contribution in [0.4, 0.5) is 17.3 Å². The Labute approximate surface area is 150 Å². The number of nitrogens with zero attached hydrogens (tertiary/aromatic N) is 3. The van der Waals surface area contributed by atoms with Gasteiger partial charge in [0.25, 0.3) is 5.91 Å². The van der Waals surface area contributed by atoms with Gasteiger partial charge >= 0.3 is 0 Å². The quantitative estimate of drug-likeness (QED) is 0.780. The lowest BCUT2D eigenvalue weighted by Gasteiger charge is -2.17. The van der Waals surface area contributed by atoms with Crippen LogP contribution in [-0.4, -0.2) is 29.7 Å². The summed E-state index contributed by atoms with van der Waals surface area (Å²) >= 11 is 0. The van der Waals surface area contributed by atoms with Gasteiger partial charge in [-0.3, -0.25) is 4.79 Å². The Kier molecular flexibility index (Phi) is 4.10. The van der Waals surface area contributed by atoms with Crippen molar-refractivity contribution in [3.8, 4) is 11.5 Å². The molecule has 0 bridgehead atoms. The van der Waals surface area contributed by atoms with Crippen molar-refractivity contribution in [2.45, 2.75) is 0 Å². The van der Waals surface area contributed by atoms with E-state index in [4.69, 9.17) is 9.47 Å². The molecule has 0 fully saturated rings. The van der Waals surface area contributed by atoms with Crippen LogP contribution in [0.15, 0.2) is 60.9 Å². The maximum absolute atomic E-state index is 12.5. The first kappa shape index (κ1) is 15.9. The fraction of sp³-hybridized carbons (Fsp3) is 0.105. The molecule has 7 heteroatoms. The largest absolute Gasteiger partial charge is 0.454 e. The van der Waals surface area contributed by atoms with Crippen LogP contribution in [0.1, 0.15) is 10.4 Å². The van der Waals surface area contributed by atoms with E-state index in [0.29, 0.717) is 23.0 Å². The van der Waals surface area contributed by atoms with Gasteiger partial charge in [-0.2, -0.15) is 0 Å². The molecule has 0 saturated heterocycles. The van der Waals surface area contributed by atoms with Gasteiger partial charge in [-0.05, 0) is 24.3 Å². The van der Waals surface area contributed by atoms with E-state index in [1.165, 1.54) is 12.4 Å². The van der Waals surface area contributed by atoms with Crippen molar-refractivity contribution >= 4 is 23.2 Å². The second kappa shape index (κ2) is 6.72. The third kappa shape index (κ3) is 3.14. The summed E-state index contributed by atoms with van der Waals surface area (Å²) in [5, 5.41) is 3.08. The molecule has 1 aliphatic heterocycles.